The molecule has 2 rings (SSSR count). The van der Waals surface area contributed by atoms with Gasteiger partial charge < -0.3 is 4.74 Å². The van der Waals surface area contributed by atoms with Crippen LogP contribution in [0.25, 0.3) is 0 Å². The van der Waals surface area contributed by atoms with E-state index >= 15 is 0 Å². The van der Waals surface area contributed by atoms with Crippen LogP contribution in [-0.2, 0) is 11.2 Å². The lowest BCUT2D eigenvalue weighted by Crippen LogP contribution is -2.27. The van der Waals surface area contributed by atoms with Crippen LogP contribution in [0.1, 0.15) is 53.7 Å². The molecule has 0 fully saturated rings. The number of fused-ring (bicyclic) bond motifs is 1. The van der Waals surface area contributed by atoms with Crippen LogP contribution in [0, 0.1) is 5.41 Å². The molecule has 1 aliphatic carbocycles. The van der Waals surface area contributed by atoms with Crippen molar-refractivity contribution in [1.29, 1.82) is 0 Å². The molecule has 0 unspecified atom stereocenters. The van der Waals surface area contributed by atoms with Crippen LogP contribution in [0.3, 0.4) is 0 Å². The van der Waals surface area contributed by atoms with Crippen LogP contribution in [0.5, 0.6) is 0 Å². The third-order valence-electron chi connectivity index (χ3n) is 2.91. The van der Waals surface area contributed by atoms with Gasteiger partial charge in [-0.05, 0) is 18.8 Å². The number of hydrogen-bond acceptors (Lipinski definition) is 4. The number of carbonyl (C=O) groups excluding carboxylic acids is 2. The second-order valence-corrected chi connectivity index (χ2v) is 5.09. The number of aromatic amines is 1. The maximum Gasteiger partial charge on any atom is 0.356 e. The molecule has 0 bridgehead atoms. The second kappa shape index (κ2) is 3.98. The zero-order chi connectivity index (χ0) is 12.6. The minimum atomic E-state index is -0.438. The molecule has 1 heterocycles. The standard InChI is InChI=1S/C12H16N2O3/c1-4-17-11(16)10-7-5-12(2,3)6-8(15)9(7)13-14-10/h4-6H2,1-3H3,(H,13,14). The first kappa shape index (κ1) is 11.8. The molecule has 92 valence electrons. The Morgan fingerprint density at radius 3 is 2.82 bits per heavy atom. The Morgan fingerprint density at radius 2 is 2.18 bits per heavy atom. The fourth-order valence-electron chi connectivity index (χ4n) is 2.20. The maximum atomic E-state index is 11.9. The Morgan fingerprint density at radius 1 is 1.47 bits per heavy atom. The topological polar surface area (TPSA) is 72.1 Å². The van der Waals surface area contributed by atoms with Crippen LogP contribution < -0.4 is 0 Å². The highest BCUT2D eigenvalue weighted by molar-refractivity contribution is 6.01. The Bertz CT molecular complexity index is 474. The van der Waals surface area contributed by atoms with Crippen LogP contribution in [0.4, 0.5) is 0 Å². The lowest BCUT2D eigenvalue weighted by Gasteiger charge is -2.27. The Hall–Kier alpha value is -1.65. The minimum Gasteiger partial charge on any atom is -0.461 e. The number of nitrogens with zero attached hydrogens (tertiary/aromatic N) is 1. The van der Waals surface area contributed by atoms with E-state index in [2.05, 4.69) is 10.2 Å². The molecule has 1 aliphatic rings. The monoisotopic (exact) mass is 236 g/mol. The van der Waals surface area contributed by atoms with Crippen molar-refractivity contribution >= 4 is 11.8 Å². The first-order chi connectivity index (χ1) is 7.94. The molecule has 1 aromatic rings. The third-order valence-corrected chi connectivity index (χ3v) is 2.91. The van der Waals surface area contributed by atoms with E-state index in [0.29, 0.717) is 36.4 Å². The summed E-state index contributed by atoms with van der Waals surface area (Å²) in [6, 6.07) is 0. The van der Waals surface area contributed by atoms with Gasteiger partial charge in [-0.3, -0.25) is 9.89 Å². The summed E-state index contributed by atoms with van der Waals surface area (Å²) in [6.07, 6.45) is 1.13. The van der Waals surface area contributed by atoms with Crippen molar-refractivity contribution in [3.63, 3.8) is 0 Å². The number of esters is 1. The van der Waals surface area contributed by atoms with Crippen molar-refractivity contribution in [2.45, 2.75) is 33.6 Å². The molecule has 0 saturated heterocycles. The zero-order valence-electron chi connectivity index (χ0n) is 10.3. The molecule has 5 heteroatoms. The smallest absolute Gasteiger partial charge is 0.356 e. The molecule has 17 heavy (non-hydrogen) atoms. The first-order valence-corrected chi connectivity index (χ1v) is 5.72. The van der Waals surface area contributed by atoms with E-state index in [4.69, 9.17) is 4.74 Å². The summed E-state index contributed by atoms with van der Waals surface area (Å²) in [7, 11) is 0. The number of ether oxygens (including phenoxy) is 1. The molecule has 0 atom stereocenters. The van der Waals surface area contributed by atoms with E-state index in [1.807, 2.05) is 13.8 Å². The lowest BCUT2D eigenvalue weighted by molar-refractivity contribution is 0.0517. The van der Waals surface area contributed by atoms with Crippen molar-refractivity contribution in [3.8, 4) is 0 Å². The molecule has 0 spiro atoms. The van der Waals surface area contributed by atoms with Crippen LogP contribution >= 0.6 is 0 Å². The van der Waals surface area contributed by atoms with Crippen LogP contribution in [-0.4, -0.2) is 28.6 Å². The molecule has 0 radical (unpaired) electrons. The van der Waals surface area contributed by atoms with Gasteiger partial charge in [-0.2, -0.15) is 5.10 Å². The summed E-state index contributed by atoms with van der Waals surface area (Å²) in [5, 5.41) is 6.55. The fraction of sp³-hybridized carbons (Fsp3) is 0.583. The molecule has 0 amide bonds. The number of H-pyrrole nitrogens is 1. The fourth-order valence-corrected chi connectivity index (χ4v) is 2.20. The number of carbonyl (C=O) groups is 2. The lowest BCUT2D eigenvalue weighted by atomic mass is 9.75. The number of ketones is 1. The summed E-state index contributed by atoms with van der Waals surface area (Å²) >= 11 is 0. The molecule has 5 nitrogen and oxygen atoms in total. The predicted molar refractivity (Wildman–Crippen MR) is 61.0 cm³/mol. The average Bonchev–Trinajstić information content (AvgIpc) is 2.59. The molecule has 0 saturated carbocycles. The highest BCUT2D eigenvalue weighted by atomic mass is 16.5. The van der Waals surface area contributed by atoms with E-state index < -0.39 is 5.97 Å². The van der Waals surface area contributed by atoms with E-state index in [9.17, 15) is 9.59 Å². The molecule has 0 aromatic carbocycles. The second-order valence-electron chi connectivity index (χ2n) is 5.09. The maximum absolute atomic E-state index is 11.9. The van der Waals surface area contributed by atoms with Gasteiger partial charge in [0.2, 0.25) is 0 Å². The van der Waals surface area contributed by atoms with Crippen LogP contribution in [0.15, 0.2) is 0 Å². The summed E-state index contributed by atoms with van der Waals surface area (Å²) < 4.78 is 4.93. The number of rotatable bonds is 2. The quantitative estimate of drug-likeness (QED) is 0.794. The van der Waals surface area contributed by atoms with Gasteiger partial charge in [-0.1, -0.05) is 13.8 Å². The highest BCUT2D eigenvalue weighted by Crippen LogP contribution is 2.35. The largest absolute Gasteiger partial charge is 0.461 e. The van der Waals surface area contributed by atoms with Gasteiger partial charge in [0.15, 0.2) is 5.78 Å². The highest BCUT2D eigenvalue weighted by Gasteiger charge is 2.36. The SMILES string of the molecule is CCOC(=O)c1[nH]nc2c1CC(C)(C)CC2=O. The normalized spacial score (nSPS) is 17.7. The summed E-state index contributed by atoms with van der Waals surface area (Å²) in [5.41, 5.74) is 1.29. The summed E-state index contributed by atoms with van der Waals surface area (Å²) in [6.45, 7) is 6.07. The van der Waals surface area contributed by atoms with Crippen molar-refractivity contribution in [1.82, 2.24) is 10.2 Å². The molecular weight excluding hydrogens is 220 g/mol. The number of hydrogen-bond donors (Lipinski definition) is 1. The minimum absolute atomic E-state index is 0.0111. The summed E-state index contributed by atoms with van der Waals surface area (Å²) in [5.74, 6) is -0.449. The Labute approximate surface area is 99.5 Å². The van der Waals surface area contributed by atoms with Gasteiger partial charge in [0.05, 0.1) is 6.61 Å². The van der Waals surface area contributed by atoms with E-state index in [-0.39, 0.29) is 11.2 Å². The Balaban J connectivity index is 2.40. The Kier molecular flexibility index (Phi) is 2.77. The number of aromatic nitrogens is 2. The van der Waals surface area contributed by atoms with Gasteiger partial charge in [0.1, 0.15) is 11.4 Å². The predicted octanol–water partition coefficient (Wildman–Crippen LogP) is 1.74. The van der Waals surface area contributed by atoms with Gasteiger partial charge >= 0.3 is 5.97 Å². The van der Waals surface area contributed by atoms with Crippen molar-refractivity contribution in [2.24, 2.45) is 5.41 Å². The van der Waals surface area contributed by atoms with Gasteiger partial charge in [-0.25, -0.2) is 4.79 Å². The van der Waals surface area contributed by atoms with E-state index in [0.717, 1.165) is 0 Å². The third kappa shape index (κ3) is 2.09. The van der Waals surface area contributed by atoms with Crippen molar-refractivity contribution < 1.29 is 14.3 Å². The van der Waals surface area contributed by atoms with Gasteiger partial charge in [0.25, 0.3) is 0 Å². The van der Waals surface area contributed by atoms with Crippen molar-refractivity contribution in [2.75, 3.05) is 6.61 Å². The van der Waals surface area contributed by atoms with Crippen LogP contribution in [0.2, 0.25) is 0 Å². The van der Waals surface area contributed by atoms with E-state index in [1.54, 1.807) is 6.92 Å². The molecule has 0 aliphatic heterocycles. The molecular formula is C12H16N2O3. The van der Waals surface area contributed by atoms with Gasteiger partial charge in [0, 0.05) is 12.0 Å². The van der Waals surface area contributed by atoms with Crippen molar-refractivity contribution in [3.05, 3.63) is 17.0 Å². The van der Waals surface area contributed by atoms with E-state index in [1.165, 1.54) is 0 Å². The number of Topliss-reactive ketones (excluding diaryl/α,β-unsaturated/α-hetero) is 1. The molecule has 1 N–H and O–H groups in total. The average molecular weight is 236 g/mol. The zero-order valence-corrected chi connectivity index (χ0v) is 10.3. The first-order valence-electron chi connectivity index (χ1n) is 5.72. The number of nitrogens with one attached hydrogen (secondary N) is 1. The van der Waals surface area contributed by atoms with Gasteiger partial charge in [-0.15, -0.1) is 0 Å². The summed E-state index contributed by atoms with van der Waals surface area (Å²) in [4.78, 5) is 23.6. The molecule has 1 aromatic heterocycles.